The number of rotatable bonds is 8. The number of benzene rings is 1. The van der Waals surface area contributed by atoms with Gasteiger partial charge in [-0.25, -0.2) is 0 Å². The SMILES string of the molecule is COCCCC(CSc1cccc(Br)c1)NN. The maximum absolute atomic E-state index is 5.54. The van der Waals surface area contributed by atoms with Gasteiger partial charge in [0, 0.05) is 34.9 Å². The van der Waals surface area contributed by atoms with E-state index in [1.54, 1.807) is 7.11 Å². The highest BCUT2D eigenvalue weighted by Gasteiger charge is 2.07. The molecule has 0 saturated heterocycles. The first-order valence-electron chi connectivity index (χ1n) is 5.59. The molecule has 17 heavy (non-hydrogen) atoms. The molecular formula is C12H19BrN2OS. The van der Waals surface area contributed by atoms with Gasteiger partial charge in [-0.2, -0.15) is 0 Å². The van der Waals surface area contributed by atoms with Crippen LogP contribution in [0.25, 0.3) is 0 Å². The van der Waals surface area contributed by atoms with Crippen molar-refractivity contribution in [3.05, 3.63) is 28.7 Å². The van der Waals surface area contributed by atoms with Crippen molar-refractivity contribution in [3.63, 3.8) is 0 Å². The van der Waals surface area contributed by atoms with Crippen molar-refractivity contribution >= 4 is 27.7 Å². The summed E-state index contributed by atoms with van der Waals surface area (Å²) >= 11 is 5.28. The van der Waals surface area contributed by atoms with Crippen molar-refractivity contribution in [2.75, 3.05) is 19.5 Å². The fraction of sp³-hybridized carbons (Fsp3) is 0.500. The van der Waals surface area contributed by atoms with E-state index in [4.69, 9.17) is 10.6 Å². The molecule has 0 aliphatic rings. The topological polar surface area (TPSA) is 47.3 Å². The normalized spacial score (nSPS) is 12.6. The predicted octanol–water partition coefficient (Wildman–Crippen LogP) is 2.80. The second-order valence-electron chi connectivity index (χ2n) is 3.77. The van der Waals surface area contributed by atoms with Crippen molar-refractivity contribution in [2.45, 2.75) is 23.8 Å². The van der Waals surface area contributed by atoms with Crippen LogP contribution in [0.3, 0.4) is 0 Å². The highest BCUT2D eigenvalue weighted by Crippen LogP contribution is 2.23. The molecule has 3 N–H and O–H groups in total. The quantitative estimate of drug-likeness (QED) is 0.335. The molecule has 0 amide bonds. The van der Waals surface area contributed by atoms with Crippen LogP contribution < -0.4 is 11.3 Å². The zero-order valence-electron chi connectivity index (χ0n) is 9.99. The molecule has 0 fully saturated rings. The van der Waals surface area contributed by atoms with Crippen LogP contribution in [0, 0.1) is 0 Å². The van der Waals surface area contributed by atoms with E-state index in [9.17, 15) is 0 Å². The van der Waals surface area contributed by atoms with E-state index in [0.717, 1.165) is 29.7 Å². The highest BCUT2D eigenvalue weighted by molar-refractivity contribution is 9.10. The minimum atomic E-state index is 0.328. The van der Waals surface area contributed by atoms with E-state index in [2.05, 4.69) is 33.5 Å². The number of ether oxygens (including phenoxy) is 1. The Balaban J connectivity index is 2.31. The molecule has 0 heterocycles. The van der Waals surface area contributed by atoms with Gasteiger partial charge in [0.15, 0.2) is 0 Å². The highest BCUT2D eigenvalue weighted by atomic mass is 79.9. The van der Waals surface area contributed by atoms with Crippen LogP contribution in [-0.2, 0) is 4.74 Å². The molecule has 0 saturated carbocycles. The average molecular weight is 319 g/mol. The van der Waals surface area contributed by atoms with Gasteiger partial charge < -0.3 is 4.74 Å². The molecule has 0 radical (unpaired) electrons. The number of methoxy groups -OCH3 is 1. The Hall–Kier alpha value is -0.0700. The molecule has 0 bridgehead atoms. The number of hydrazine groups is 1. The van der Waals surface area contributed by atoms with Crippen molar-refractivity contribution in [2.24, 2.45) is 5.84 Å². The van der Waals surface area contributed by atoms with E-state index in [1.165, 1.54) is 4.90 Å². The zero-order chi connectivity index (χ0) is 12.5. The van der Waals surface area contributed by atoms with Crippen molar-refractivity contribution < 1.29 is 4.74 Å². The number of nitrogens with two attached hydrogens (primary N) is 1. The second kappa shape index (κ2) is 8.94. The summed E-state index contributed by atoms with van der Waals surface area (Å²) in [5.41, 5.74) is 2.86. The van der Waals surface area contributed by atoms with Gasteiger partial charge in [0.2, 0.25) is 0 Å². The summed E-state index contributed by atoms with van der Waals surface area (Å²) in [6.45, 7) is 0.791. The number of hydrogen-bond donors (Lipinski definition) is 2. The van der Waals surface area contributed by atoms with Gasteiger partial charge in [-0.05, 0) is 31.0 Å². The summed E-state index contributed by atoms with van der Waals surface area (Å²) in [7, 11) is 1.72. The van der Waals surface area contributed by atoms with Crippen molar-refractivity contribution in [1.29, 1.82) is 0 Å². The van der Waals surface area contributed by atoms with Gasteiger partial charge in [-0.15, -0.1) is 11.8 Å². The Kier molecular flexibility index (Phi) is 7.88. The number of halogens is 1. The third-order valence-electron chi connectivity index (χ3n) is 2.38. The monoisotopic (exact) mass is 318 g/mol. The van der Waals surface area contributed by atoms with Crippen LogP contribution in [0.2, 0.25) is 0 Å². The number of hydrogen-bond acceptors (Lipinski definition) is 4. The lowest BCUT2D eigenvalue weighted by molar-refractivity contribution is 0.189. The predicted molar refractivity (Wildman–Crippen MR) is 77.1 cm³/mol. The van der Waals surface area contributed by atoms with Crippen LogP contribution in [0.1, 0.15) is 12.8 Å². The van der Waals surface area contributed by atoms with E-state index >= 15 is 0 Å². The Morgan fingerprint density at radius 1 is 1.53 bits per heavy atom. The molecule has 0 spiro atoms. The molecule has 1 atom stereocenters. The Morgan fingerprint density at radius 2 is 2.35 bits per heavy atom. The van der Waals surface area contributed by atoms with Gasteiger partial charge >= 0.3 is 0 Å². The summed E-state index contributed by atoms with van der Waals surface area (Å²) in [6, 6.07) is 8.63. The summed E-state index contributed by atoms with van der Waals surface area (Å²) in [5, 5.41) is 0. The first-order valence-corrected chi connectivity index (χ1v) is 7.37. The first-order chi connectivity index (χ1) is 8.26. The average Bonchev–Trinajstić information content (AvgIpc) is 2.34. The van der Waals surface area contributed by atoms with Gasteiger partial charge in [0.1, 0.15) is 0 Å². The van der Waals surface area contributed by atoms with E-state index in [0.29, 0.717) is 6.04 Å². The minimum Gasteiger partial charge on any atom is -0.385 e. The smallest absolute Gasteiger partial charge is 0.0462 e. The van der Waals surface area contributed by atoms with Gasteiger partial charge in [0.05, 0.1) is 0 Å². The Bertz CT molecular complexity index is 325. The van der Waals surface area contributed by atoms with Crippen molar-refractivity contribution in [1.82, 2.24) is 5.43 Å². The molecular weight excluding hydrogens is 300 g/mol. The molecule has 1 unspecified atom stereocenters. The molecule has 96 valence electrons. The molecule has 3 nitrogen and oxygen atoms in total. The lowest BCUT2D eigenvalue weighted by Crippen LogP contribution is -2.37. The van der Waals surface area contributed by atoms with Gasteiger partial charge in [0.25, 0.3) is 0 Å². The van der Waals surface area contributed by atoms with Crippen LogP contribution in [0.4, 0.5) is 0 Å². The standard InChI is InChI=1S/C12H19BrN2OS/c1-16-7-3-5-11(15-14)9-17-12-6-2-4-10(13)8-12/h2,4,6,8,11,15H,3,5,7,9,14H2,1H3. The third kappa shape index (κ3) is 6.43. The summed E-state index contributed by atoms with van der Waals surface area (Å²) in [6.07, 6.45) is 2.07. The van der Waals surface area contributed by atoms with Crippen LogP contribution in [-0.4, -0.2) is 25.5 Å². The van der Waals surface area contributed by atoms with E-state index in [1.807, 2.05) is 23.9 Å². The summed E-state index contributed by atoms with van der Waals surface area (Å²) in [4.78, 5) is 1.26. The molecule has 5 heteroatoms. The lowest BCUT2D eigenvalue weighted by Gasteiger charge is -2.15. The molecule has 1 aromatic rings. The molecule has 1 aromatic carbocycles. The summed E-state index contributed by atoms with van der Waals surface area (Å²) < 4.78 is 6.14. The van der Waals surface area contributed by atoms with Crippen LogP contribution in [0.15, 0.2) is 33.6 Å². The number of thioether (sulfide) groups is 1. The van der Waals surface area contributed by atoms with E-state index < -0.39 is 0 Å². The maximum atomic E-state index is 5.54. The van der Waals surface area contributed by atoms with Crippen LogP contribution >= 0.6 is 27.7 Å². The fourth-order valence-corrected chi connectivity index (χ4v) is 3.03. The second-order valence-corrected chi connectivity index (χ2v) is 5.78. The largest absolute Gasteiger partial charge is 0.385 e. The van der Waals surface area contributed by atoms with E-state index in [-0.39, 0.29) is 0 Å². The minimum absolute atomic E-state index is 0.328. The summed E-state index contributed by atoms with van der Waals surface area (Å²) in [5.74, 6) is 6.50. The maximum Gasteiger partial charge on any atom is 0.0462 e. The molecule has 1 rings (SSSR count). The zero-order valence-corrected chi connectivity index (χ0v) is 12.4. The lowest BCUT2D eigenvalue weighted by atomic mass is 10.2. The molecule has 0 aliphatic heterocycles. The van der Waals surface area contributed by atoms with Crippen LogP contribution in [0.5, 0.6) is 0 Å². The van der Waals surface area contributed by atoms with Gasteiger partial charge in [-0.1, -0.05) is 22.0 Å². The van der Waals surface area contributed by atoms with Crippen molar-refractivity contribution in [3.8, 4) is 0 Å². The van der Waals surface area contributed by atoms with Gasteiger partial charge in [-0.3, -0.25) is 11.3 Å². The molecule has 0 aromatic heterocycles. The fourth-order valence-electron chi connectivity index (χ4n) is 1.44. The first kappa shape index (κ1) is 15.0. The Morgan fingerprint density at radius 3 is 3.00 bits per heavy atom. The Labute approximate surface area is 116 Å². The molecule has 0 aliphatic carbocycles. The number of nitrogens with one attached hydrogen (secondary N) is 1. The third-order valence-corrected chi connectivity index (χ3v) is 4.03.